The number of rotatable bonds is 8. The number of methoxy groups -OCH3 is 1. The summed E-state index contributed by atoms with van der Waals surface area (Å²) in [5, 5.41) is 8.75. The molecule has 2 unspecified atom stereocenters. The second-order valence-corrected chi connectivity index (χ2v) is 7.41. The summed E-state index contributed by atoms with van der Waals surface area (Å²) in [5.74, 6) is -4.29. The van der Waals surface area contributed by atoms with Crippen molar-refractivity contribution in [2.24, 2.45) is 23.3 Å². The van der Waals surface area contributed by atoms with Gasteiger partial charge in [-0.2, -0.15) is 0 Å². The number of carbonyl (C=O) groups excluding carboxylic acids is 5. The molecular formula is C19H30N4O8. The predicted molar refractivity (Wildman–Crippen MR) is 106 cm³/mol. The number of primary amides is 2. The first-order chi connectivity index (χ1) is 14.5. The standard InChI is InChI=1S/C10H16N2O4.C9H14N2O4/c1-3-7(9(11)14)12-5-6(4-8(12)13)10(15)16-2;1-2-6(8(10)13)11-4-5(9(14)15)3-7(11)12/h6-7H,3-5H2,1-2H3,(H2,11,14);5-6H,2-4H2,1H3,(H2,10,13)(H,14,15)/t6?,7-;5?,6-/m00/s1. The van der Waals surface area contributed by atoms with Crippen molar-refractivity contribution in [2.45, 2.75) is 51.6 Å². The molecule has 0 aromatic rings. The fourth-order valence-electron chi connectivity index (χ4n) is 3.71. The normalized spacial score (nSPS) is 22.4. The molecule has 0 radical (unpaired) electrons. The Kier molecular flexibility index (Phi) is 9.41. The summed E-state index contributed by atoms with van der Waals surface area (Å²) in [6.45, 7) is 3.80. The number of carboxylic acids is 1. The van der Waals surface area contributed by atoms with Gasteiger partial charge in [0.25, 0.3) is 0 Å². The summed E-state index contributed by atoms with van der Waals surface area (Å²) >= 11 is 0. The van der Waals surface area contributed by atoms with Gasteiger partial charge in [-0.25, -0.2) is 0 Å². The van der Waals surface area contributed by atoms with E-state index >= 15 is 0 Å². The van der Waals surface area contributed by atoms with E-state index in [9.17, 15) is 28.8 Å². The molecule has 2 heterocycles. The van der Waals surface area contributed by atoms with Crippen molar-refractivity contribution >= 4 is 35.6 Å². The van der Waals surface area contributed by atoms with Gasteiger partial charge in [-0.05, 0) is 12.8 Å². The fraction of sp³-hybridized carbons (Fsp3) is 0.684. The Hall–Kier alpha value is -3.18. The van der Waals surface area contributed by atoms with Crippen molar-refractivity contribution in [1.82, 2.24) is 9.80 Å². The SMILES string of the molecule is CC[C@@H](C(N)=O)N1CC(C(=O)O)CC1=O.CC[C@@H](C(N)=O)N1CC(C(=O)OC)CC1=O. The van der Waals surface area contributed by atoms with E-state index in [2.05, 4.69) is 4.74 Å². The topological polar surface area (TPSA) is 190 Å². The Bertz CT molecular complexity index is 740. The highest BCUT2D eigenvalue weighted by molar-refractivity contribution is 5.92. The lowest BCUT2D eigenvalue weighted by atomic mass is 10.1. The van der Waals surface area contributed by atoms with Crippen LogP contribution in [0.5, 0.6) is 0 Å². The Morgan fingerprint density at radius 3 is 1.61 bits per heavy atom. The number of carboxylic acid groups (broad SMARTS) is 1. The van der Waals surface area contributed by atoms with Crippen molar-refractivity contribution in [3.63, 3.8) is 0 Å². The van der Waals surface area contributed by atoms with Crippen LogP contribution in [0.3, 0.4) is 0 Å². The summed E-state index contributed by atoms with van der Waals surface area (Å²) in [6.07, 6.45) is 0.915. The van der Waals surface area contributed by atoms with Gasteiger partial charge < -0.3 is 31.1 Å². The zero-order chi connectivity index (χ0) is 23.9. The number of esters is 1. The van der Waals surface area contributed by atoms with Gasteiger partial charge in [0.1, 0.15) is 12.1 Å². The van der Waals surface area contributed by atoms with E-state index in [1.165, 1.54) is 16.9 Å². The smallest absolute Gasteiger partial charge is 0.310 e. The second-order valence-electron chi connectivity index (χ2n) is 7.41. The molecule has 2 aliphatic heterocycles. The zero-order valence-corrected chi connectivity index (χ0v) is 17.9. The maximum atomic E-state index is 11.6. The molecule has 2 aliphatic rings. The number of hydrogen-bond acceptors (Lipinski definition) is 7. The molecule has 0 spiro atoms. The number of carbonyl (C=O) groups is 6. The molecule has 0 saturated carbocycles. The fourth-order valence-corrected chi connectivity index (χ4v) is 3.71. The van der Waals surface area contributed by atoms with E-state index in [0.717, 1.165) is 0 Å². The maximum Gasteiger partial charge on any atom is 0.310 e. The molecule has 5 N–H and O–H groups in total. The first kappa shape index (κ1) is 25.9. The lowest BCUT2D eigenvalue weighted by molar-refractivity contribution is -0.145. The minimum Gasteiger partial charge on any atom is -0.481 e. The van der Waals surface area contributed by atoms with Gasteiger partial charge in [-0.3, -0.25) is 28.8 Å². The number of nitrogens with two attached hydrogens (primary N) is 2. The lowest BCUT2D eigenvalue weighted by Gasteiger charge is -2.24. The van der Waals surface area contributed by atoms with Crippen molar-refractivity contribution in [3.05, 3.63) is 0 Å². The zero-order valence-electron chi connectivity index (χ0n) is 17.9. The summed E-state index contributed by atoms with van der Waals surface area (Å²) in [7, 11) is 1.28. The number of amides is 4. The predicted octanol–water partition coefficient (Wildman–Crippen LogP) is -1.54. The Morgan fingerprint density at radius 2 is 1.32 bits per heavy atom. The molecular weight excluding hydrogens is 412 g/mol. The van der Waals surface area contributed by atoms with Crippen molar-refractivity contribution in [3.8, 4) is 0 Å². The van der Waals surface area contributed by atoms with Gasteiger partial charge in [0.15, 0.2) is 0 Å². The molecule has 4 amide bonds. The highest BCUT2D eigenvalue weighted by Gasteiger charge is 2.40. The largest absolute Gasteiger partial charge is 0.481 e. The second kappa shape index (κ2) is 11.3. The third-order valence-corrected chi connectivity index (χ3v) is 5.38. The highest BCUT2D eigenvalue weighted by Crippen LogP contribution is 2.23. The van der Waals surface area contributed by atoms with Crippen LogP contribution < -0.4 is 11.5 Å². The van der Waals surface area contributed by atoms with E-state index in [4.69, 9.17) is 16.6 Å². The molecule has 31 heavy (non-hydrogen) atoms. The first-order valence-corrected chi connectivity index (χ1v) is 9.96. The van der Waals surface area contributed by atoms with Crippen LogP contribution in [0.2, 0.25) is 0 Å². The third kappa shape index (κ3) is 6.40. The van der Waals surface area contributed by atoms with Crippen LogP contribution in [0.4, 0.5) is 0 Å². The van der Waals surface area contributed by atoms with Gasteiger partial charge in [0.2, 0.25) is 23.6 Å². The molecule has 2 saturated heterocycles. The van der Waals surface area contributed by atoms with E-state index < -0.39 is 47.7 Å². The Morgan fingerprint density at radius 1 is 0.935 bits per heavy atom. The summed E-state index contributed by atoms with van der Waals surface area (Å²) in [6, 6.07) is -1.30. The van der Waals surface area contributed by atoms with Gasteiger partial charge in [-0.1, -0.05) is 13.8 Å². The van der Waals surface area contributed by atoms with E-state index in [0.29, 0.717) is 12.8 Å². The number of aliphatic carboxylic acids is 1. The molecule has 0 aliphatic carbocycles. The molecule has 12 heteroatoms. The molecule has 0 bridgehead atoms. The molecule has 2 rings (SSSR count). The van der Waals surface area contributed by atoms with E-state index in [-0.39, 0.29) is 37.7 Å². The molecule has 12 nitrogen and oxygen atoms in total. The van der Waals surface area contributed by atoms with Gasteiger partial charge >= 0.3 is 11.9 Å². The number of nitrogens with zero attached hydrogens (tertiary/aromatic N) is 2. The van der Waals surface area contributed by atoms with Crippen LogP contribution in [0, 0.1) is 11.8 Å². The molecule has 174 valence electrons. The quantitative estimate of drug-likeness (QED) is 0.376. The third-order valence-electron chi connectivity index (χ3n) is 5.38. The van der Waals surface area contributed by atoms with Crippen molar-refractivity contribution in [2.75, 3.05) is 20.2 Å². The van der Waals surface area contributed by atoms with Crippen molar-refractivity contribution < 1.29 is 38.6 Å². The Balaban J connectivity index is 0.000000311. The molecule has 0 aromatic heterocycles. The average Bonchev–Trinajstić information content (AvgIpc) is 3.26. The van der Waals surface area contributed by atoms with Crippen LogP contribution in [-0.4, -0.2) is 82.8 Å². The molecule has 2 fully saturated rings. The Labute approximate surface area is 179 Å². The van der Waals surface area contributed by atoms with Gasteiger partial charge in [0, 0.05) is 25.9 Å². The van der Waals surface area contributed by atoms with Crippen LogP contribution >= 0.6 is 0 Å². The number of likely N-dealkylation sites (tertiary alicyclic amines) is 2. The van der Waals surface area contributed by atoms with E-state index in [1.54, 1.807) is 13.8 Å². The minimum atomic E-state index is -1.01. The van der Waals surface area contributed by atoms with Crippen LogP contribution in [0.15, 0.2) is 0 Å². The molecule has 4 atom stereocenters. The molecule has 0 aromatic carbocycles. The van der Waals surface area contributed by atoms with Crippen LogP contribution in [0.1, 0.15) is 39.5 Å². The number of hydrogen-bond donors (Lipinski definition) is 3. The summed E-state index contributed by atoms with van der Waals surface area (Å²) in [5.41, 5.74) is 10.3. The van der Waals surface area contributed by atoms with E-state index in [1.807, 2.05) is 0 Å². The van der Waals surface area contributed by atoms with Gasteiger partial charge in [-0.15, -0.1) is 0 Å². The van der Waals surface area contributed by atoms with Crippen LogP contribution in [0.25, 0.3) is 0 Å². The minimum absolute atomic E-state index is 0.0425. The van der Waals surface area contributed by atoms with Gasteiger partial charge in [0.05, 0.1) is 18.9 Å². The summed E-state index contributed by atoms with van der Waals surface area (Å²) in [4.78, 5) is 69.8. The van der Waals surface area contributed by atoms with Crippen molar-refractivity contribution in [1.29, 1.82) is 0 Å². The van der Waals surface area contributed by atoms with Crippen LogP contribution in [-0.2, 0) is 33.5 Å². The average molecular weight is 442 g/mol. The number of ether oxygens (including phenoxy) is 1. The lowest BCUT2D eigenvalue weighted by Crippen LogP contribution is -2.45. The first-order valence-electron chi connectivity index (χ1n) is 9.96. The monoisotopic (exact) mass is 442 g/mol. The summed E-state index contributed by atoms with van der Waals surface area (Å²) < 4.78 is 4.57. The highest BCUT2D eigenvalue weighted by atomic mass is 16.5. The maximum absolute atomic E-state index is 11.6.